The fourth-order valence-corrected chi connectivity index (χ4v) is 2.23. The molecule has 0 spiro atoms. The predicted octanol–water partition coefficient (Wildman–Crippen LogP) is 2.44. The maximum atomic E-state index is 10.7. The molecule has 0 aromatic carbocycles. The summed E-state index contributed by atoms with van der Waals surface area (Å²) in [6, 6.07) is 2.98. The van der Waals surface area contributed by atoms with Crippen LogP contribution >= 0.6 is 11.8 Å². The molecule has 0 radical (unpaired) electrons. The maximum absolute atomic E-state index is 10.7. The van der Waals surface area contributed by atoms with E-state index in [9.17, 15) is 4.79 Å². The maximum Gasteiger partial charge on any atom is 0.371 e. The van der Waals surface area contributed by atoms with Crippen LogP contribution in [0.5, 0.6) is 0 Å². The minimum Gasteiger partial charge on any atom is -0.475 e. The highest BCUT2D eigenvalue weighted by molar-refractivity contribution is 7.99. The standard InChI is InChI=1S/C12H13N3O3S/c1-3-7-8(4-2)14-15-12(13-7)19-10-6-5-9(18-10)11(16)17/h5-6H,3-4H2,1-2H3,(H,16,17). The van der Waals surface area contributed by atoms with Gasteiger partial charge in [0.15, 0.2) is 5.09 Å². The first-order chi connectivity index (χ1) is 9.13. The quantitative estimate of drug-likeness (QED) is 0.899. The van der Waals surface area contributed by atoms with E-state index in [2.05, 4.69) is 15.2 Å². The first-order valence-corrected chi connectivity index (χ1v) is 6.69. The van der Waals surface area contributed by atoms with Gasteiger partial charge in [-0.3, -0.25) is 0 Å². The molecule has 0 unspecified atom stereocenters. The summed E-state index contributed by atoms with van der Waals surface area (Å²) < 4.78 is 5.13. The number of hydrogen-bond acceptors (Lipinski definition) is 6. The smallest absolute Gasteiger partial charge is 0.371 e. The molecule has 19 heavy (non-hydrogen) atoms. The molecule has 0 atom stereocenters. The topological polar surface area (TPSA) is 89.1 Å². The van der Waals surface area contributed by atoms with Crippen LogP contribution in [-0.2, 0) is 12.8 Å². The molecule has 6 nitrogen and oxygen atoms in total. The third-order valence-electron chi connectivity index (χ3n) is 2.47. The van der Waals surface area contributed by atoms with Gasteiger partial charge in [-0.25, -0.2) is 9.78 Å². The van der Waals surface area contributed by atoms with Crippen molar-refractivity contribution in [1.29, 1.82) is 0 Å². The third-order valence-corrected chi connectivity index (χ3v) is 3.25. The van der Waals surface area contributed by atoms with Crippen molar-refractivity contribution in [3.05, 3.63) is 29.3 Å². The highest BCUT2D eigenvalue weighted by Crippen LogP contribution is 2.26. The number of carboxylic acid groups (broad SMARTS) is 1. The summed E-state index contributed by atoms with van der Waals surface area (Å²) in [5, 5.41) is 17.8. The minimum absolute atomic E-state index is 0.101. The molecule has 2 heterocycles. The Labute approximate surface area is 114 Å². The lowest BCUT2D eigenvalue weighted by atomic mass is 10.2. The summed E-state index contributed by atoms with van der Waals surface area (Å²) in [6.07, 6.45) is 1.57. The molecule has 7 heteroatoms. The highest BCUT2D eigenvalue weighted by atomic mass is 32.2. The van der Waals surface area contributed by atoms with Crippen molar-refractivity contribution >= 4 is 17.7 Å². The van der Waals surface area contributed by atoms with Gasteiger partial charge in [-0.15, -0.1) is 5.10 Å². The number of nitrogens with zero attached hydrogens (tertiary/aromatic N) is 3. The second kappa shape index (κ2) is 5.83. The summed E-state index contributed by atoms with van der Waals surface area (Å²) in [6.45, 7) is 4.01. The van der Waals surface area contributed by atoms with Gasteiger partial charge in [0.1, 0.15) is 0 Å². The Kier molecular flexibility index (Phi) is 4.16. The van der Waals surface area contributed by atoms with E-state index in [1.807, 2.05) is 13.8 Å². The van der Waals surface area contributed by atoms with Crippen LogP contribution in [-0.4, -0.2) is 26.3 Å². The number of carbonyl (C=O) groups is 1. The summed E-state index contributed by atoms with van der Waals surface area (Å²) in [5.41, 5.74) is 1.79. The van der Waals surface area contributed by atoms with Gasteiger partial charge in [0.2, 0.25) is 10.9 Å². The van der Waals surface area contributed by atoms with Crippen LogP contribution < -0.4 is 0 Å². The molecule has 2 aromatic heterocycles. The van der Waals surface area contributed by atoms with Crippen molar-refractivity contribution in [1.82, 2.24) is 15.2 Å². The average molecular weight is 279 g/mol. The summed E-state index contributed by atoms with van der Waals surface area (Å²) in [7, 11) is 0. The predicted molar refractivity (Wildman–Crippen MR) is 68.4 cm³/mol. The molecule has 0 aliphatic rings. The minimum atomic E-state index is -1.10. The number of hydrogen-bond donors (Lipinski definition) is 1. The molecule has 1 N–H and O–H groups in total. The van der Waals surface area contributed by atoms with Crippen molar-refractivity contribution in [2.75, 3.05) is 0 Å². The van der Waals surface area contributed by atoms with Crippen LogP contribution in [0.3, 0.4) is 0 Å². The van der Waals surface area contributed by atoms with Crippen molar-refractivity contribution in [3.8, 4) is 0 Å². The van der Waals surface area contributed by atoms with Crippen molar-refractivity contribution in [2.45, 2.75) is 36.9 Å². The van der Waals surface area contributed by atoms with Gasteiger partial charge in [-0.2, -0.15) is 5.10 Å². The molecule has 0 aliphatic heterocycles. The Morgan fingerprint density at radius 1 is 1.26 bits per heavy atom. The average Bonchev–Trinajstić information content (AvgIpc) is 2.87. The van der Waals surface area contributed by atoms with E-state index < -0.39 is 5.97 Å². The molecule has 0 fully saturated rings. The van der Waals surface area contributed by atoms with E-state index in [-0.39, 0.29) is 5.76 Å². The number of carboxylic acids is 1. The van der Waals surface area contributed by atoms with E-state index in [4.69, 9.17) is 9.52 Å². The van der Waals surface area contributed by atoms with Crippen molar-refractivity contribution in [3.63, 3.8) is 0 Å². The fraction of sp³-hybridized carbons (Fsp3) is 0.333. The van der Waals surface area contributed by atoms with Crippen LogP contribution in [0.1, 0.15) is 35.8 Å². The molecule has 0 saturated heterocycles. The number of furan rings is 1. The number of aromatic carboxylic acids is 1. The monoisotopic (exact) mass is 279 g/mol. The number of aryl methyl sites for hydroxylation is 2. The van der Waals surface area contributed by atoms with E-state index in [0.717, 1.165) is 36.0 Å². The first kappa shape index (κ1) is 13.5. The Hall–Kier alpha value is -1.89. The van der Waals surface area contributed by atoms with Gasteiger partial charge >= 0.3 is 5.97 Å². The Bertz CT molecular complexity index is 598. The second-order valence-corrected chi connectivity index (χ2v) is 4.69. The Balaban J connectivity index is 2.20. The molecule has 0 aliphatic carbocycles. The van der Waals surface area contributed by atoms with Gasteiger partial charge in [-0.1, -0.05) is 13.8 Å². The zero-order chi connectivity index (χ0) is 13.8. The summed E-state index contributed by atoms with van der Waals surface area (Å²) in [4.78, 5) is 15.1. The Morgan fingerprint density at radius 3 is 2.58 bits per heavy atom. The van der Waals surface area contributed by atoms with Gasteiger partial charge in [-0.05, 0) is 36.7 Å². The molecule has 0 bridgehead atoms. The second-order valence-electron chi connectivity index (χ2n) is 3.72. The molecular formula is C12H13N3O3S. The van der Waals surface area contributed by atoms with Crippen molar-refractivity contribution < 1.29 is 14.3 Å². The summed E-state index contributed by atoms with van der Waals surface area (Å²) in [5.74, 6) is -1.20. The van der Waals surface area contributed by atoms with Crippen LogP contribution in [0.2, 0.25) is 0 Å². The van der Waals surface area contributed by atoms with Crippen LogP contribution in [0.4, 0.5) is 0 Å². The van der Waals surface area contributed by atoms with Crippen LogP contribution in [0, 0.1) is 0 Å². The lowest BCUT2D eigenvalue weighted by molar-refractivity contribution is 0.0656. The normalized spacial score (nSPS) is 10.6. The van der Waals surface area contributed by atoms with Gasteiger partial charge in [0.25, 0.3) is 0 Å². The van der Waals surface area contributed by atoms with E-state index in [0.29, 0.717) is 10.2 Å². The third kappa shape index (κ3) is 3.11. The van der Waals surface area contributed by atoms with Gasteiger partial charge in [0, 0.05) is 0 Å². The van der Waals surface area contributed by atoms with Gasteiger partial charge < -0.3 is 9.52 Å². The van der Waals surface area contributed by atoms with E-state index >= 15 is 0 Å². The zero-order valence-electron chi connectivity index (χ0n) is 10.6. The lowest BCUT2D eigenvalue weighted by Crippen LogP contribution is -2.03. The fourth-order valence-electron chi connectivity index (χ4n) is 1.54. The van der Waals surface area contributed by atoms with Crippen LogP contribution in [0.15, 0.2) is 26.8 Å². The zero-order valence-corrected chi connectivity index (χ0v) is 11.4. The molecule has 2 aromatic rings. The highest BCUT2D eigenvalue weighted by Gasteiger charge is 2.12. The van der Waals surface area contributed by atoms with Crippen LogP contribution in [0.25, 0.3) is 0 Å². The van der Waals surface area contributed by atoms with Crippen molar-refractivity contribution in [2.24, 2.45) is 0 Å². The van der Waals surface area contributed by atoms with E-state index in [1.54, 1.807) is 6.07 Å². The number of rotatable bonds is 5. The SMILES string of the molecule is CCc1nnc(Sc2ccc(C(=O)O)o2)nc1CC. The largest absolute Gasteiger partial charge is 0.475 e. The number of aromatic nitrogens is 3. The lowest BCUT2D eigenvalue weighted by Gasteiger charge is -2.03. The molecule has 2 rings (SSSR count). The molecule has 0 saturated carbocycles. The van der Waals surface area contributed by atoms with Gasteiger partial charge in [0.05, 0.1) is 11.4 Å². The molecule has 100 valence electrons. The van der Waals surface area contributed by atoms with E-state index in [1.165, 1.54) is 6.07 Å². The summed E-state index contributed by atoms with van der Waals surface area (Å²) >= 11 is 1.16. The first-order valence-electron chi connectivity index (χ1n) is 5.87. The Morgan fingerprint density at radius 2 is 2.00 bits per heavy atom. The molecular weight excluding hydrogens is 266 g/mol. The molecule has 0 amide bonds.